The Morgan fingerprint density at radius 1 is 1.07 bits per heavy atom. The van der Waals surface area contributed by atoms with Crippen molar-refractivity contribution in [3.8, 4) is 0 Å². The van der Waals surface area contributed by atoms with Crippen molar-refractivity contribution in [3.63, 3.8) is 0 Å². The molecule has 0 spiro atoms. The second kappa shape index (κ2) is 3.47. The molecule has 0 aromatic heterocycles. The van der Waals surface area contributed by atoms with Crippen LogP contribution in [0.5, 0.6) is 0 Å². The first-order valence-corrected chi connectivity index (χ1v) is 5.81. The summed E-state index contributed by atoms with van der Waals surface area (Å²) in [6, 6.07) is 0. The second-order valence-corrected chi connectivity index (χ2v) is 4.80. The Morgan fingerprint density at radius 2 is 2.00 bits per heavy atom. The number of fused-ring (bicyclic) bond motifs is 3. The molecular weight excluding hydrogens is 180 g/mol. The van der Waals surface area contributed by atoms with Crippen molar-refractivity contribution >= 4 is 0 Å². The van der Waals surface area contributed by atoms with Gasteiger partial charge in [0.05, 0.1) is 12.2 Å². The minimum atomic E-state index is -0.148. The third kappa shape index (κ3) is 1.30. The monoisotopic (exact) mass is 198 g/mol. The van der Waals surface area contributed by atoms with E-state index in [9.17, 15) is 5.11 Å². The molecule has 14 heavy (non-hydrogen) atoms. The van der Waals surface area contributed by atoms with Crippen LogP contribution in [-0.4, -0.2) is 30.2 Å². The molecule has 80 valence electrons. The summed E-state index contributed by atoms with van der Waals surface area (Å²) >= 11 is 0. The van der Waals surface area contributed by atoms with Crippen LogP contribution in [0.3, 0.4) is 0 Å². The lowest BCUT2D eigenvalue weighted by atomic mass is 9.76. The lowest BCUT2D eigenvalue weighted by Gasteiger charge is -2.33. The van der Waals surface area contributed by atoms with Crippen LogP contribution in [0.1, 0.15) is 32.1 Å². The van der Waals surface area contributed by atoms with Gasteiger partial charge in [-0.15, -0.1) is 0 Å². The molecule has 0 amide bonds. The number of rotatable bonds is 0. The Kier molecular flexibility index (Phi) is 2.26. The zero-order chi connectivity index (χ0) is 9.54. The topological polar surface area (TPSA) is 38.7 Å². The fourth-order valence-electron chi connectivity index (χ4n) is 3.35. The maximum absolute atomic E-state index is 9.98. The number of ether oxygens (including phenoxy) is 2. The lowest BCUT2D eigenvalue weighted by molar-refractivity contribution is -0.167. The Labute approximate surface area is 84.4 Å². The fraction of sp³-hybridized carbons (Fsp3) is 1.00. The third-order valence-corrected chi connectivity index (χ3v) is 3.98. The molecule has 3 heteroatoms. The molecule has 3 fully saturated rings. The van der Waals surface area contributed by atoms with E-state index in [0.717, 1.165) is 32.3 Å². The Hall–Kier alpha value is -0.120. The standard InChI is InChI=1S/C11H18O3/c12-8-4-1-5-9-10(8)7-3-2-6-13-11(7)14-9/h7-12H,1-6H2/t7-,8+,9-,10+,11+/m1/s1. The van der Waals surface area contributed by atoms with Crippen molar-refractivity contribution in [3.05, 3.63) is 0 Å². The summed E-state index contributed by atoms with van der Waals surface area (Å²) in [6.07, 6.45) is 5.57. The first-order chi connectivity index (χ1) is 6.86. The van der Waals surface area contributed by atoms with Crippen LogP contribution in [-0.2, 0) is 9.47 Å². The average molecular weight is 198 g/mol. The van der Waals surface area contributed by atoms with Crippen molar-refractivity contribution in [2.45, 2.75) is 50.6 Å². The van der Waals surface area contributed by atoms with Gasteiger partial charge in [0, 0.05) is 18.4 Å². The van der Waals surface area contributed by atoms with E-state index >= 15 is 0 Å². The normalized spacial score (nSPS) is 52.5. The first-order valence-electron chi connectivity index (χ1n) is 5.81. The SMILES string of the molecule is O[C@H]1CCC[C@H]2O[C@@H]3OCCC[C@@H]3[C@@H]12. The highest BCUT2D eigenvalue weighted by molar-refractivity contribution is 4.94. The zero-order valence-corrected chi connectivity index (χ0v) is 8.39. The maximum Gasteiger partial charge on any atom is 0.161 e. The summed E-state index contributed by atoms with van der Waals surface area (Å²) in [4.78, 5) is 0. The smallest absolute Gasteiger partial charge is 0.161 e. The molecule has 1 N–H and O–H groups in total. The number of hydrogen-bond acceptors (Lipinski definition) is 3. The molecule has 0 radical (unpaired) electrons. The van der Waals surface area contributed by atoms with Gasteiger partial charge in [0.15, 0.2) is 6.29 Å². The molecule has 1 saturated carbocycles. The highest BCUT2D eigenvalue weighted by Gasteiger charge is 2.50. The fourth-order valence-corrected chi connectivity index (χ4v) is 3.35. The number of aliphatic hydroxyl groups is 1. The summed E-state index contributed by atoms with van der Waals surface area (Å²) < 4.78 is 11.5. The molecule has 0 aromatic rings. The van der Waals surface area contributed by atoms with Crippen LogP contribution in [0.2, 0.25) is 0 Å². The van der Waals surface area contributed by atoms with E-state index in [1.54, 1.807) is 0 Å². The lowest BCUT2D eigenvalue weighted by Crippen LogP contribution is -2.38. The van der Waals surface area contributed by atoms with E-state index in [2.05, 4.69) is 0 Å². The molecule has 0 bridgehead atoms. The van der Waals surface area contributed by atoms with E-state index < -0.39 is 0 Å². The van der Waals surface area contributed by atoms with Crippen molar-refractivity contribution in [1.29, 1.82) is 0 Å². The summed E-state index contributed by atoms with van der Waals surface area (Å²) in [5.41, 5.74) is 0. The second-order valence-electron chi connectivity index (χ2n) is 4.80. The molecule has 0 aromatic carbocycles. The summed E-state index contributed by atoms with van der Waals surface area (Å²) in [6.45, 7) is 0.830. The molecule has 2 saturated heterocycles. The molecular formula is C11H18O3. The molecule has 3 rings (SSSR count). The highest BCUT2D eigenvalue weighted by Crippen LogP contribution is 2.45. The molecule has 2 heterocycles. The van der Waals surface area contributed by atoms with Crippen LogP contribution in [0.4, 0.5) is 0 Å². The minimum absolute atomic E-state index is 0.00787. The quantitative estimate of drug-likeness (QED) is 0.637. The van der Waals surface area contributed by atoms with Gasteiger partial charge in [-0.2, -0.15) is 0 Å². The maximum atomic E-state index is 9.98. The molecule has 2 aliphatic heterocycles. The van der Waals surface area contributed by atoms with Gasteiger partial charge in [0.1, 0.15) is 0 Å². The molecule has 1 aliphatic carbocycles. The predicted octanol–water partition coefficient (Wildman–Crippen LogP) is 1.30. The van der Waals surface area contributed by atoms with Crippen LogP contribution >= 0.6 is 0 Å². The van der Waals surface area contributed by atoms with Crippen LogP contribution in [0, 0.1) is 11.8 Å². The Balaban J connectivity index is 1.80. The molecule has 0 unspecified atom stereocenters. The Bertz CT molecular complexity index is 219. The van der Waals surface area contributed by atoms with Crippen molar-refractivity contribution in [2.24, 2.45) is 11.8 Å². The van der Waals surface area contributed by atoms with Gasteiger partial charge in [-0.1, -0.05) is 0 Å². The third-order valence-electron chi connectivity index (χ3n) is 3.98. The van der Waals surface area contributed by atoms with Gasteiger partial charge in [-0.25, -0.2) is 0 Å². The van der Waals surface area contributed by atoms with Crippen LogP contribution in [0.15, 0.2) is 0 Å². The van der Waals surface area contributed by atoms with Crippen molar-refractivity contribution in [2.75, 3.05) is 6.61 Å². The number of hydrogen-bond donors (Lipinski definition) is 1. The van der Waals surface area contributed by atoms with E-state index in [-0.39, 0.29) is 18.5 Å². The van der Waals surface area contributed by atoms with E-state index in [1.807, 2.05) is 0 Å². The van der Waals surface area contributed by atoms with E-state index in [1.165, 1.54) is 6.42 Å². The Morgan fingerprint density at radius 3 is 2.93 bits per heavy atom. The van der Waals surface area contributed by atoms with Crippen LogP contribution < -0.4 is 0 Å². The van der Waals surface area contributed by atoms with Crippen molar-refractivity contribution < 1.29 is 14.6 Å². The van der Waals surface area contributed by atoms with Gasteiger partial charge >= 0.3 is 0 Å². The molecule has 3 nitrogen and oxygen atoms in total. The zero-order valence-electron chi connectivity index (χ0n) is 8.39. The molecule has 5 atom stereocenters. The predicted molar refractivity (Wildman–Crippen MR) is 50.7 cm³/mol. The van der Waals surface area contributed by atoms with Gasteiger partial charge in [-0.05, 0) is 32.1 Å². The summed E-state index contributed by atoms with van der Waals surface area (Å²) in [5.74, 6) is 0.818. The van der Waals surface area contributed by atoms with Gasteiger partial charge in [0.2, 0.25) is 0 Å². The summed E-state index contributed by atoms with van der Waals surface area (Å²) in [7, 11) is 0. The van der Waals surface area contributed by atoms with Gasteiger partial charge in [0.25, 0.3) is 0 Å². The highest BCUT2D eigenvalue weighted by atomic mass is 16.7. The van der Waals surface area contributed by atoms with E-state index in [0.29, 0.717) is 11.8 Å². The van der Waals surface area contributed by atoms with Crippen molar-refractivity contribution in [1.82, 2.24) is 0 Å². The number of aliphatic hydroxyl groups excluding tert-OH is 1. The van der Waals surface area contributed by atoms with Gasteiger partial charge < -0.3 is 14.6 Å². The largest absolute Gasteiger partial charge is 0.393 e. The summed E-state index contributed by atoms with van der Waals surface area (Å²) in [5, 5.41) is 9.98. The van der Waals surface area contributed by atoms with E-state index in [4.69, 9.17) is 9.47 Å². The minimum Gasteiger partial charge on any atom is -0.393 e. The van der Waals surface area contributed by atoms with Gasteiger partial charge in [-0.3, -0.25) is 0 Å². The first kappa shape index (κ1) is 9.13. The average Bonchev–Trinajstić information content (AvgIpc) is 2.57. The van der Waals surface area contributed by atoms with Crippen LogP contribution in [0.25, 0.3) is 0 Å². The molecule has 3 aliphatic rings.